The highest BCUT2D eigenvalue weighted by Gasteiger charge is 2.60. The number of amides is 1. The van der Waals surface area contributed by atoms with Crippen molar-refractivity contribution in [2.75, 3.05) is 19.7 Å². The van der Waals surface area contributed by atoms with Crippen molar-refractivity contribution in [3.63, 3.8) is 0 Å². The van der Waals surface area contributed by atoms with E-state index in [0.717, 1.165) is 12.0 Å². The van der Waals surface area contributed by atoms with Gasteiger partial charge in [0.05, 0.1) is 18.5 Å². The van der Waals surface area contributed by atoms with Crippen molar-refractivity contribution in [2.24, 2.45) is 11.3 Å². The fraction of sp³-hybridized carbons (Fsp3) is 0.438. The second kappa shape index (κ2) is 4.86. The maximum Gasteiger partial charge on any atom is 0.276 e. The van der Waals surface area contributed by atoms with Crippen molar-refractivity contribution in [3.05, 3.63) is 41.5 Å². The Balaban J connectivity index is 1.55. The standard InChI is InChI=1S/C16H17FN4O2/c1-10-2-12(17)4-13(3-10)21-7-14(18-19-21)15(23)20-6-11-5-16(11,8-20)9-22/h2-4,7,11,22H,5-6,8-9H2,1H3. The fourth-order valence-corrected chi connectivity index (χ4v) is 3.49. The third-order valence-corrected chi connectivity index (χ3v) is 4.91. The van der Waals surface area contributed by atoms with Crippen molar-refractivity contribution in [3.8, 4) is 5.69 Å². The molecule has 2 fully saturated rings. The van der Waals surface area contributed by atoms with Gasteiger partial charge in [0.2, 0.25) is 0 Å². The zero-order valence-corrected chi connectivity index (χ0v) is 12.7. The van der Waals surface area contributed by atoms with E-state index in [0.29, 0.717) is 24.7 Å². The summed E-state index contributed by atoms with van der Waals surface area (Å²) in [6, 6.07) is 4.55. The number of rotatable bonds is 3. The van der Waals surface area contributed by atoms with Gasteiger partial charge in [-0.1, -0.05) is 5.21 Å². The molecule has 23 heavy (non-hydrogen) atoms. The highest BCUT2D eigenvalue weighted by molar-refractivity contribution is 5.92. The number of hydrogen-bond acceptors (Lipinski definition) is 4. The van der Waals surface area contributed by atoms with Gasteiger partial charge in [0, 0.05) is 18.5 Å². The van der Waals surface area contributed by atoms with Crippen LogP contribution in [-0.4, -0.2) is 50.6 Å². The van der Waals surface area contributed by atoms with Crippen LogP contribution in [0.3, 0.4) is 0 Å². The van der Waals surface area contributed by atoms with Gasteiger partial charge in [0.1, 0.15) is 5.82 Å². The van der Waals surface area contributed by atoms with Gasteiger partial charge in [-0.2, -0.15) is 0 Å². The summed E-state index contributed by atoms with van der Waals surface area (Å²) in [4.78, 5) is 14.2. The summed E-state index contributed by atoms with van der Waals surface area (Å²) in [6.45, 7) is 3.14. The molecule has 1 saturated carbocycles. The lowest BCUT2D eigenvalue weighted by molar-refractivity contribution is 0.0745. The van der Waals surface area contributed by atoms with Crippen LogP contribution in [0.1, 0.15) is 22.5 Å². The maximum atomic E-state index is 13.5. The fourth-order valence-electron chi connectivity index (χ4n) is 3.49. The van der Waals surface area contributed by atoms with E-state index in [4.69, 9.17) is 0 Å². The number of hydrogen-bond donors (Lipinski definition) is 1. The normalized spacial score (nSPS) is 25.5. The topological polar surface area (TPSA) is 71.2 Å². The molecule has 1 aromatic carbocycles. The summed E-state index contributed by atoms with van der Waals surface area (Å²) in [5, 5.41) is 17.3. The molecular formula is C16H17FN4O2. The number of carbonyl (C=O) groups excluding carboxylic acids is 1. The van der Waals surface area contributed by atoms with Crippen molar-refractivity contribution in [1.29, 1.82) is 0 Å². The van der Waals surface area contributed by atoms with E-state index >= 15 is 0 Å². The van der Waals surface area contributed by atoms with Crippen LogP contribution in [0, 0.1) is 24.1 Å². The Labute approximate surface area is 132 Å². The Morgan fingerprint density at radius 2 is 2.30 bits per heavy atom. The SMILES string of the molecule is Cc1cc(F)cc(-n2cc(C(=O)N3CC4CC4(CO)C3)nn2)c1. The predicted molar refractivity (Wildman–Crippen MR) is 79.6 cm³/mol. The summed E-state index contributed by atoms with van der Waals surface area (Å²) in [5.74, 6) is -0.144. The van der Waals surface area contributed by atoms with Crippen LogP contribution in [-0.2, 0) is 0 Å². The highest BCUT2D eigenvalue weighted by Crippen LogP contribution is 2.57. The Bertz CT molecular complexity index is 766. The Morgan fingerprint density at radius 3 is 3.00 bits per heavy atom. The molecule has 2 aromatic rings. The van der Waals surface area contributed by atoms with Gasteiger partial charge in [0.25, 0.3) is 5.91 Å². The van der Waals surface area contributed by atoms with Crippen LogP contribution in [0.25, 0.3) is 5.69 Å². The largest absolute Gasteiger partial charge is 0.396 e. The molecule has 2 aliphatic rings. The quantitative estimate of drug-likeness (QED) is 0.923. The first-order valence-electron chi connectivity index (χ1n) is 7.61. The van der Waals surface area contributed by atoms with E-state index < -0.39 is 0 Å². The summed E-state index contributed by atoms with van der Waals surface area (Å²) in [6.07, 6.45) is 2.51. The molecule has 2 heterocycles. The molecule has 1 amide bonds. The van der Waals surface area contributed by atoms with E-state index in [2.05, 4.69) is 10.3 Å². The van der Waals surface area contributed by atoms with Gasteiger partial charge < -0.3 is 10.0 Å². The molecule has 1 N–H and O–H groups in total. The average molecular weight is 316 g/mol. The highest BCUT2D eigenvalue weighted by atomic mass is 19.1. The minimum absolute atomic E-state index is 0.0919. The molecule has 0 bridgehead atoms. The molecule has 1 aromatic heterocycles. The van der Waals surface area contributed by atoms with E-state index in [9.17, 15) is 14.3 Å². The summed E-state index contributed by atoms with van der Waals surface area (Å²) >= 11 is 0. The van der Waals surface area contributed by atoms with Gasteiger partial charge in [-0.25, -0.2) is 9.07 Å². The molecule has 7 heteroatoms. The first-order chi connectivity index (χ1) is 11.0. The zero-order valence-electron chi connectivity index (χ0n) is 12.7. The van der Waals surface area contributed by atoms with Crippen molar-refractivity contribution in [2.45, 2.75) is 13.3 Å². The summed E-state index contributed by atoms with van der Waals surface area (Å²) in [5.41, 5.74) is 1.45. The summed E-state index contributed by atoms with van der Waals surface area (Å²) < 4.78 is 14.9. The van der Waals surface area contributed by atoms with Gasteiger partial charge >= 0.3 is 0 Å². The first kappa shape index (κ1) is 14.3. The molecule has 2 atom stereocenters. The van der Waals surface area contributed by atoms with Crippen molar-refractivity contribution in [1.82, 2.24) is 19.9 Å². The molecule has 0 spiro atoms. The predicted octanol–water partition coefficient (Wildman–Crippen LogP) is 1.17. The molecule has 0 radical (unpaired) electrons. The molecule has 1 aliphatic heterocycles. The van der Waals surface area contributed by atoms with Crippen LogP contribution in [0.2, 0.25) is 0 Å². The number of likely N-dealkylation sites (tertiary alicyclic amines) is 1. The number of halogens is 1. The Hall–Kier alpha value is -2.28. The number of aliphatic hydroxyl groups is 1. The summed E-state index contributed by atoms with van der Waals surface area (Å²) in [7, 11) is 0. The van der Waals surface area contributed by atoms with Gasteiger partial charge in [-0.3, -0.25) is 4.79 Å². The van der Waals surface area contributed by atoms with E-state index in [1.165, 1.54) is 23.0 Å². The van der Waals surface area contributed by atoms with Crippen LogP contribution < -0.4 is 0 Å². The second-order valence-corrected chi connectivity index (χ2v) is 6.64. The van der Waals surface area contributed by atoms with Crippen LogP contribution >= 0.6 is 0 Å². The number of nitrogens with zero attached hydrogens (tertiary/aromatic N) is 4. The number of aromatic nitrogens is 3. The van der Waals surface area contributed by atoms with Crippen LogP contribution in [0.5, 0.6) is 0 Å². The maximum absolute atomic E-state index is 13.5. The number of piperidine rings is 1. The molecule has 120 valence electrons. The van der Waals surface area contributed by atoms with Gasteiger partial charge in [0.15, 0.2) is 5.69 Å². The molecule has 4 rings (SSSR count). The monoisotopic (exact) mass is 316 g/mol. The van der Waals surface area contributed by atoms with Crippen LogP contribution in [0.15, 0.2) is 24.4 Å². The van der Waals surface area contributed by atoms with Crippen molar-refractivity contribution < 1.29 is 14.3 Å². The smallest absolute Gasteiger partial charge is 0.276 e. The lowest BCUT2D eigenvalue weighted by atomic mass is 10.1. The Kier molecular flexibility index (Phi) is 3.02. The lowest BCUT2D eigenvalue weighted by Gasteiger charge is -2.18. The van der Waals surface area contributed by atoms with E-state index in [1.54, 1.807) is 17.9 Å². The molecule has 6 nitrogen and oxygen atoms in total. The number of fused-ring (bicyclic) bond motifs is 1. The second-order valence-electron chi connectivity index (χ2n) is 6.64. The lowest BCUT2D eigenvalue weighted by Crippen LogP contribution is -2.32. The van der Waals surface area contributed by atoms with Gasteiger partial charge in [-0.15, -0.1) is 5.10 Å². The van der Waals surface area contributed by atoms with Crippen LogP contribution in [0.4, 0.5) is 4.39 Å². The molecule has 1 saturated heterocycles. The van der Waals surface area contributed by atoms with Crippen molar-refractivity contribution >= 4 is 5.91 Å². The number of aliphatic hydroxyl groups excluding tert-OH is 1. The number of carbonyl (C=O) groups is 1. The minimum atomic E-state index is -0.354. The average Bonchev–Trinajstić information content (AvgIpc) is 2.91. The third kappa shape index (κ3) is 2.31. The minimum Gasteiger partial charge on any atom is -0.396 e. The van der Waals surface area contributed by atoms with E-state index in [-0.39, 0.29) is 29.4 Å². The van der Waals surface area contributed by atoms with E-state index in [1.807, 2.05) is 0 Å². The number of aryl methyl sites for hydroxylation is 1. The molecular weight excluding hydrogens is 299 g/mol. The number of benzene rings is 1. The molecule has 1 aliphatic carbocycles. The molecule has 2 unspecified atom stereocenters. The Morgan fingerprint density at radius 1 is 1.48 bits per heavy atom. The third-order valence-electron chi connectivity index (χ3n) is 4.91. The van der Waals surface area contributed by atoms with Gasteiger partial charge in [-0.05, 0) is 43.0 Å². The first-order valence-corrected chi connectivity index (χ1v) is 7.61. The zero-order chi connectivity index (χ0) is 16.2.